The van der Waals surface area contributed by atoms with Crippen LogP contribution in [0.25, 0.3) is 68.8 Å². The van der Waals surface area contributed by atoms with Gasteiger partial charge in [-0.3, -0.25) is 19.2 Å². The summed E-state index contributed by atoms with van der Waals surface area (Å²) < 4.78 is 0. The number of rotatable bonds is 16. The van der Waals surface area contributed by atoms with E-state index in [1.54, 1.807) is 24.3 Å². The van der Waals surface area contributed by atoms with Gasteiger partial charge in [0.15, 0.2) is 23.1 Å². The highest BCUT2D eigenvalue weighted by atomic mass is 16.1. The Bertz CT molecular complexity index is 5140. The van der Waals surface area contributed by atoms with E-state index in [1.165, 1.54) is 66.8 Å². The minimum Gasteiger partial charge on any atom is -0.289 e. The van der Waals surface area contributed by atoms with E-state index < -0.39 is 0 Å². The average molecular weight is 1950 g/mol. The smallest absolute Gasteiger partial charge is 0.185 e. The van der Waals surface area contributed by atoms with Crippen LogP contribution in [0.4, 0.5) is 0 Å². The summed E-state index contributed by atoms with van der Waals surface area (Å²) in [6.07, 6.45) is 14.1. The lowest BCUT2D eigenvalue weighted by atomic mass is 9.86. The van der Waals surface area contributed by atoms with Gasteiger partial charge in [0, 0.05) is 22.3 Å². The van der Waals surface area contributed by atoms with Crippen LogP contribution in [-0.4, -0.2) is 23.1 Å². The molecule has 0 fully saturated rings. The van der Waals surface area contributed by atoms with Crippen molar-refractivity contribution < 1.29 is 19.2 Å². The number of ketones is 4. The third-order valence-electron chi connectivity index (χ3n) is 21.8. The lowest BCUT2D eigenvalue weighted by molar-refractivity contribution is 0.103. The molecule has 0 aromatic heterocycles. The zero-order valence-corrected chi connectivity index (χ0v) is 100.0. The Hall–Kier alpha value is -11.7. The van der Waals surface area contributed by atoms with Crippen molar-refractivity contribution >= 4 is 47.4 Å². The Morgan fingerprint density at radius 2 is 0.215 bits per heavy atom. The van der Waals surface area contributed by atoms with Gasteiger partial charge in [-0.1, -0.05) is 648 Å². The largest absolute Gasteiger partial charge is 0.289 e. The van der Waals surface area contributed by atoms with Crippen LogP contribution in [0, 0.1) is 0 Å². The minimum atomic E-state index is 0.0181. The molecule has 0 heterocycles. The van der Waals surface area contributed by atoms with E-state index >= 15 is 0 Å². The molecule has 144 heavy (non-hydrogen) atoms. The molecule has 0 spiro atoms. The second kappa shape index (κ2) is 71.7. The predicted octanol–water partition coefficient (Wildman–Crippen LogP) is 43.7. The number of carbonyl (C=O) groups excluding carboxylic acids is 4. The molecule has 0 aliphatic rings. The molecule has 0 bridgehead atoms. The Morgan fingerprint density at radius 3 is 0.333 bits per heavy atom. The van der Waals surface area contributed by atoms with E-state index in [-0.39, 0.29) is 66.5 Å². The molecule has 12 aromatic rings. The number of hydrogen-bond acceptors (Lipinski definition) is 4. The molecular weight excluding hydrogens is 1750 g/mol. The van der Waals surface area contributed by atoms with E-state index in [0.717, 1.165) is 55.6 Å². The van der Waals surface area contributed by atoms with E-state index in [1.807, 2.05) is 288 Å². The van der Waals surface area contributed by atoms with E-state index in [0.29, 0.717) is 11.1 Å². The summed E-state index contributed by atoms with van der Waals surface area (Å²) in [5, 5.41) is 0. The van der Waals surface area contributed by atoms with Crippen LogP contribution in [-0.2, 0) is 43.3 Å². The van der Waals surface area contributed by atoms with Gasteiger partial charge in [-0.15, -0.1) is 0 Å². The molecule has 0 amide bonds. The molecule has 0 atom stereocenters. The molecule has 0 aliphatic heterocycles. The molecule has 0 N–H and O–H groups in total. The van der Waals surface area contributed by atoms with Crippen molar-refractivity contribution in [3.05, 3.63) is 405 Å². The number of hydrogen-bond donors (Lipinski definition) is 0. The number of benzene rings is 12. The predicted molar refractivity (Wildman–Crippen MR) is 653 cm³/mol. The first kappa shape index (κ1) is 139. The molecule has 0 unspecified atom stereocenters. The van der Waals surface area contributed by atoms with Gasteiger partial charge in [0.2, 0.25) is 0 Å². The first-order valence-corrected chi connectivity index (χ1v) is 54.3. The van der Waals surface area contributed by atoms with Crippen molar-refractivity contribution in [2.45, 2.75) is 376 Å². The van der Waals surface area contributed by atoms with Gasteiger partial charge in [-0.2, -0.15) is 0 Å². The van der Waals surface area contributed by atoms with Crippen molar-refractivity contribution in [2.75, 3.05) is 0 Å². The summed E-state index contributed by atoms with van der Waals surface area (Å²) in [6, 6.07) is 99.8. The molecular formula is C140H200O4. The molecule has 4 heteroatoms. The van der Waals surface area contributed by atoms with E-state index in [2.05, 4.69) is 360 Å². The summed E-state index contributed by atoms with van der Waals surface area (Å²) in [4.78, 5) is 50.1. The second-order valence-corrected chi connectivity index (χ2v) is 39.9. The van der Waals surface area contributed by atoms with Crippen LogP contribution in [0.1, 0.15) is 441 Å². The normalized spacial score (nSPS) is 10.8. The first-order valence-electron chi connectivity index (χ1n) is 54.3. The SMILES string of the molecule is CC.CC.CC.CC.CC.CC.CC.CC.CC.CC.CC.CC.CC(C)(C)c1ccc(/C=C/C(=O)c2ccc(-c3ccc(C(C)(C)C)cc3)cc2)cc1.CC(C)(C)c1ccc(/C=C/C(=O)c2ccc(-c3ccc(C(C)(C)C)cc3)cc2)cc1.CC(C)(C)c1ccc(C(=O)/C=C/c2ccc(-c3ccc(C(C)(C)C)cc3)cc2)cc1.CC(C)(C)c1ccc(C(=O)/C=C/c2ccc(-c3ccc(C(C)(C)C)cc3)cc2)cc1. The maximum atomic E-state index is 12.6. The topological polar surface area (TPSA) is 68.3 Å². The zero-order valence-electron chi connectivity index (χ0n) is 100.0. The van der Waals surface area contributed by atoms with Gasteiger partial charge in [0.05, 0.1) is 0 Å². The van der Waals surface area contributed by atoms with Crippen LogP contribution in [0.15, 0.2) is 315 Å². The van der Waals surface area contributed by atoms with Crippen molar-refractivity contribution in [1.82, 2.24) is 0 Å². The summed E-state index contributed by atoms with van der Waals surface area (Å²) in [6.45, 7) is 101. The third-order valence-corrected chi connectivity index (χ3v) is 21.8. The summed E-state index contributed by atoms with van der Waals surface area (Å²) >= 11 is 0. The highest BCUT2D eigenvalue weighted by Gasteiger charge is 2.21. The lowest BCUT2D eigenvalue weighted by Crippen LogP contribution is -2.11. The van der Waals surface area contributed by atoms with Gasteiger partial charge in [-0.05, 0) is 179 Å². The Kier molecular flexibility index (Phi) is 69.0. The molecule has 0 aliphatic carbocycles. The first-order chi connectivity index (χ1) is 68.1. The Balaban J connectivity index is -0.000000845. The van der Waals surface area contributed by atoms with E-state index in [4.69, 9.17) is 0 Å². The van der Waals surface area contributed by atoms with Gasteiger partial charge >= 0.3 is 0 Å². The third kappa shape index (κ3) is 50.2. The van der Waals surface area contributed by atoms with Crippen molar-refractivity contribution in [2.24, 2.45) is 0 Å². The molecule has 4 nitrogen and oxygen atoms in total. The molecule has 0 saturated carbocycles. The van der Waals surface area contributed by atoms with Crippen LogP contribution >= 0.6 is 0 Å². The van der Waals surface area contributed by atoms with Gasteiger partial charge in [0.1, 0.15) is 0 Å². The van der Waals surface area contributed by atoms with Gasteiger partial charge in [0.25, 0.3) is 0 Å². The van der Waals surface area contributed by atoms with Crippen LogP contribution in [0.2, 0.25) is 0 Å². The highest BCUT2D eigenvalue weighted by molar-refractivity contribution is 6.09. The van der Waals surface area contributed by atoms with Crippen LogP contribution < -0.4 is 0 Å². The number of allylic oxidation sites excluding steroid dienone is 4. The molecule has 12 rings (SSSR count). The van der Waals surface area contributed by atoms with Gasteiger partial charge in [-0.25, -0.2) is 0 Å². The van der Waals surface area contributed by atoms with Gasteiger partial charge < -0.3 is 0 Å². The second-order valence-electron chi connectivity index (χ2n) is 39.9. The quantitative estimate of drug-likeness (QED) is 0.0714. The van der Waals surface area contributed by atoms with Crippen molar-refractivity contribution in [1.29, 1.82) is 0 Å². The fourth-order valence-electron chi connectivity index (χ4n) is 13.4. The maximum Gasteiger partial charge on any atom is 0.185 e. The number of carbonyl (C=O) groups is 4. The molecule has 0 radical (unpaired) electrons. The summed E-state index contributed by atoms with van der Waals surface area (Å²) in [5.74, 6) is 0.0867. The van der Waals surface area contributed by atoms with Crippen LogP contribution in [0.3, 0.4) is 0 Å². The lowest BCUT2D eigenvalue weighted by Gasteiger charge is -2.19. The summed E-state index contributed by atoms with van der Waals surface area (Å²) in [7, 11) is 0. The minimum absolute atomic E-state index is 0.0181. The Morgan fingerprint density at radius 1 is 0.132 bits per heavy atom. The monoisotopic (exact) mass is 1950 g/mol. The highest BCUT2D eigenvalue weighted by Crippen LogP contribution is 2.34. The molecule has 784 valence electrons. The zero-order chi connectivity index (χ0) is 112. The van der Waals surface area contributed by atoms with E-state index in [9.17, 15) is 19.2 Å². The standard InChI is InChI=1S/4C29H32O.12C2H6/c2*1-28(2,3)25-16-7-21(8-17-25)9-20-27(30)24-12-10-22(11-13-24)23-14-18-26(19-15-23)29(4,5)6;2*1-28(2,3)25-16-12-23(13-17-25)22-10-7-21(8-11-22)9-20-27(30)24-14-18-26(19-15-24)29(4,5)6;12*1-2/h4*7-20H,1-6H3;12*1-2H3/b4*20-9+;;;;;;;;;;;;. The average Bonchev–Trinajstić information content (AvgIpc) is 0.832. The van der Waals surface area contributed by atoms with Crippen LogP contribution in [0.5, 0.6) is 0 Å². The van der Waals surface area contributed by atoms with Crippen molar-refractivity contribution in [3.63, 3.8) is 0 Å². The summed E-state index contributed by atoms with van der Waals surface area (Å²) in [5.41, 5.74) is 27.7. The van der Waals surface area contributed by atoms with Crippen molar-refractivity contribution in [3.8, 4) is 44.5 Å². The molecule has 0 saturated heterocycles. The fraction of sp³-hybridized carbons (Fsp3) is 0.400. The fourth-order valence-corrected chi connectivity index (χ4v) is 13.4. The Labute approximate surface area is 885 Å². The maximum absolute atomic E-state index is 12.6. The molecule has 12 aromatic carbocycles.